The molecule has 126 valence electrons. The number of hydrogen-bond acceptors (Lipinski definition) is 4. The molecule has 0 radical (unpaired) electrons. The van der Waals surface area contributed by atoms with Gasteiger partial charge in [0, 0.05) is 19.3 Å². The van der Waals surface area contributed by atoms with Gasteiger partial charge in [0.05, 0.1) is 23.4 Å². The van der Waals surface area contributed by atoms with Crippen LogP contribution in [0.15, 0.2) is 42.6 Å². The Morgan fingerprint density at radius 2 is 2.25 bits per heavy atom. The van der Waals surface area contributed by atoms with Gasteiger partial charge in [0.1, 0.15) is 0 Å². The number of benzene rings is 1. The minimum absolute atomic E-state index is 0.279. The summed E-state index contributed by atoms with van der Waals surface area (Å²) in [6.45, 7) is 2.98. The molecule has 0 amide bonds. The van der Waals surface area contributed by atoms with Crippen LogP contribution in [0.1, 0.15) is 28.0 Å². The maximum atomic E-state index is 11.6. The van der Waals surface area contributed by atoms with Crippen molar-refractivity contribution in [3.8, 4) is 0 Å². The molecule has 1 aromatic carbocycles. The minimum Gasteiger partial charge on any atom is -0.465 e. The molecule has 0 aliphatic carbocycles. The summed E-state index contributed by atoms with van der Waals surface area (Å²) in [7, 11) is 1.41. The van der Waals surface area contributed by atoms with Crippen LogP contribution in [0.3, 0.4) is 0 Å². The van der Waals surface area contributed by atoms with E-state index in [0.717, 1.165) is 38.2 Å². The molecule has 0 N–H and O–H groups in total. The molecule has 5 heteroatoms. The Morgan fingerprint density at radius 1 is 1.38 bits per heavy atom. The zero-order chi connectivity index (χ0) is 16.9. The number of ether oxygens (including phenoxy) is 1. The first kappa shape index (κ1) is 16.9. The van der Waals surface area contributed by atoms with Gasteiger partial charge in [-0.2, -0.15) is 0 Å². The molecule has 1 atom stereocenters. The van der Waals surface area contributed by atoms with Crippen molar-refractivity contribution in [2.24, 2.45) is 5.92 Å². The molecule has 4 nitrogen and oxygen atoms in total. The van der Waals surface area contributed by atoms with Crippen LogP contribution in [-0.4, -0.2) is 36.1 Å². The Bertz CT molecular complexity index is 703. The fraction of sp³-hybridized carbons (Fsp3) is 0.368. The molecule has 0 bridgehead atoms. The number of carbonyl (C=O) groups is 1. The molecular weight excluding hydrogens is 324 g/mol. The van der Waals surface area contributed by atoms with E-state index < -0.39 is 0 Å². The van der Waals surface area contributed by atoms with Gasteiger partial charge in [-0.15, -0.1) is 0 Å². The van der Waals surface area contributed by atoms with Crippen LogP contribution in [0.5, 0.6) is 0 Å². The highest BCUT2D eigenvalue weighted by Crippen LogP contribution is 2.23. The molecular formula is C19H21ClN2O2. The largest absolute Gasteiger partial charge is 0.465 e. The highest BCUT2D eigenvalue weighted by molar-refractivity contribution is 6.30. The topological polar surface area (TPSA) is 42.4 Å². The molecule has 24 heavy (non-hydrogen) atoms. The van der Waals surface area contributed by atoms with Crippen molar-refractivity contribution in [2.45, 2.75) is 19.4 Å². The fourth-order valence-electron chi connectivity index (χ4n) is 3.23. The number of likely N-dealkylation sites (tertiary alicyclic amines) is 1. The van der Waals surface area contributed by atoms with Crippen LogP contribution in [0.25, 0.3) is 0 Å². The zero-order valence-electron chi connectivity index (χ0n) is 13.7. The quantitative estimate of drug-likeness (QED) is 0.777. The van der Waals surface area contributed by atoms with Crippen LogP contribution in [0.2, 0.25) is 5.02 Å². The summed E-state index contributed by atoms with van der Waals surface area (Å²) in [6.07, 6.45) is 3.84. The average Bonchev–Trinajstić information content (AvgIpc) is 3.03. The number of halogens is 1. The van der Waals surface area contributed by atoms with Crippen LogP contribution in [0, 0.1) is 5.92 Å². The summed E-state index contributed by atoms with van der Waals surface area (Å²) in [6, 6.07) is 11.6. The third-order valence-electron chi connectivity index (χ3n) is 4.42. The Hall–Kier alpha value is -1.91. The van der Waals surface area contributed by atoms with E-state index in [9.17, 15) is 4.79 Å². The third kappa shape index (κ3) is 4.34. The number of rotatable bonds is 5. The molecule has 2 heterocycles. The third-order valence-corrected chi connectivity index (χ3v) is 4.64. The van der Waals surface area contributed by atoms with Gasteiger partial charge in [-0.3, -0.25) is 9.88 Å². The molecule has 1 fully saturated rings. The van der Waals surface area contributed by atoms with Gasteiger partial charge in [-0.1, -0.05) is 23.7 Å². The van der Waals surface area contributed by atoms with Gasteiger partial charge in [-0.25, -0.2) is 4.79 Å². The van der Waals surface area contributed by atoms with Gasteiger partial charge >= 0.3 is 5.97 Å². The van der Waals surface area contributed by atoms with Crippen LogP contribution < -0.4 is 0 Å². The molecule has 2 aromatic rings. The van der Waals surface area contributed by atoms with E-state index in [1.165, 1.54) is 12.7 Å². The Labute approximate surface area is 147 Å². The van der Waals surface area contributed by atoms with Crippen molar-refractivity contribution in [3.05, 3.63) is 64.4 Å². The normalized spacial score (nSPS) is 17.8. The van der Waals surface area contributed by atoms with Crippen molar-refractivity contribution in [1.29, 1.82) is 0 Å². The number of carbonyl (C=O) groups excluding carboxylic acids is 1. The van der Waals surface area contributed by atoms with Crippen LogP contribution in [0.4, 0.5) is 0 Å². The summed E-state index contributed by atoms with van der Waals surface area (Å²) in [5.74, 6) is 0.323. The van der Waals surface area contributed by atoms with Gasteiger partial charge in [0.2, 0.25) is 0 Å². The van der Waals surface area contributed by atoms with Gasteiger partial charge < -0.3 is 4.74 Å². The molecule has 1 aliphatic rings. The smallest absolute Gasteiger partial charge is 0.337 e. The SMILES string of the molecule is COC(=O)c1cccc(CC2CCN(Cc3ccc(Cl)cn3)C2)c1. The van der Waals surface area contributed by atoms with Gasteiger partial charge in [0.15, 0.2) is 0 Å². The predicted molar refractivity (Wildman–Crippen MR) is 94.1 cm³/mol. The lowest BCUT2D eigenvalue weighted by molar-refractivity contribution is 0.0600. The van der Waals surface area contributed by atoms with E-state index in [0.29, 0.717) is 16.5 Å². The number of nitrogens with zero attached hydrogens (tertiary/aromatic N) is 2. The monoisotopic (exact) mass is 344 g/mol. The summed E-state index contributed by atoms with van der Waals surface area (Å²) in [4.78, 5) is 18.4. The highest BCUT2D eigenvalue weighted by Gasteiger charge is 2.23. The highest BCUT2D eigenvalue weighted by atomic mass is 35.5. The minimum atomic E-state index is -0.279. The molecule has 0 spiro atoms. The number of methoxy groups -OCH3 is 1. The molecule has 1 aliphatic heterocycles. The predicted octanol–water partition coefficient (Wildman–Crippen LogP) is 3.59. The summed E-state index contributed by atoms with van der Waals surface area (Å²) >= 11 is 5.88. The second kappa shape index (κ2) is 7.77. The number of pyridine rings is 1. The Balaban J connectivity index is 1.56. The van der Waals surface area contributed by atoms with E-state index in [2.05, 4.69) is 16.0 Å². The number of hydrogen-bond donors (Lipinski definition) is 0. The molecule has 1 unspecified atom stereocenters. The Kier molecular flexibility index (Phi) is 5.48. The average molecular weight is 345 g/mol. The lowest BCUT2D eigenvalue weighted by Gasteiger charge is -2.15. The molecule has 0 saturated carbocycles. The second-order valence-corrected chi connectivity index (χ2v) is 6.69. The maximum Gasteiger partial charge on any atom is 0.337 e. The summed E-state index contributed by atoms with van der Waals surface area (Å²) < 4.78 is 4.79. The first-order chi connectivity index (χ1) is 11.6. The first-order valence-corrected chi connectivity index (χ1v) is 8.52. The molecule has 3 rings (SSSR count). The van der Waals surface area contributed by atoms with Gasteiger partial charge in [0.25, 0.3) is 0 Å². The first-order valence-electron chi connectivity index (χ1n) is 8.14. The van der Waals surface area contributed by atoms with E-state index in [4.69, 9.17) is 16.3 Å². The maximum absolute atomic E-state index is 11.6. The van der Waals surface area contributed by atoms with Crippen molar-refractivity contribution >= 4 is 17.6 Å². The number of esters is 1. The van der Waals surface area contributed by atoms with E-state index in [1.54, 1.807) is 12.3 Å². The van der Waals surface area contributed by atoms with Crippen LogP contribution in [-0.2, 0) is 17.7 Å². The fourth-order valence-corrected chi connectivity index (χ4v) is 3.34. The van der Waals surface area contributed by atoms with Crippen molar-refractivity contribution in [1.82, 2.24) is 9.88 Å². The summed E-state index contributed by atoms with van der Waals surface area (Å²) in [5, 5.41) is 0.670. The Morgan fingerprint density at radius 3 is 3.00 bits per heavy atom. The lowest BCUT2D eigenvalue weighted by atomic mass is 9.97. The molecule has 1 saturated heterocycles. The van der Waals surface area contributed by atoms with E-state index in [1.807, 2.05) is 24.3 Å². The number of aromatic nitrogens is 1. The standard InChI is InChI=1S/C19H21ClN2O2/c1-24-19(23)16-4-2-3-14(10-16)9-15-7-8-22(12-15)13-18-6-5-17(20)11-21-18/h2-6,10-11,15H,7-9,12-13H2,1H3. The summed E-state index contributed by atoms with van der Waals surface area (Å²) in [5.41, 5.74) is 2.86. The van der Waals surface area contributed by atoms with Crippen LogP contribution >= 0.6 is 11.6 Å². The van der Waals surface area contributed by atoms with Crippen molar-refractivity contribution in [3.63, 3.8) is 0 Å². The van der Waals surface area contributed by atoms with E-state index in [-0.39, 0.29) is 5.97 Å². The lowest BCUT2D eigenvalue weighted by Crippen LogP contribution is -2.21. The van der Waals surface area contributed by atoms with E-state index >= 15 is 0 Å². The van der Waals surface area contributed by atoms with Crippen molar-refractivity contribution < 1.29 is 9.53 Å². The van der Waals surface area contributed by atoms with Gasteiger partial charge in [-0.05, 0) is 55.1 Å². The molecule has 1 aromatic heterocycles. The van der Waals surface area contributed by atoms with Crippen molar-refractivity contribution in [2.75, 3.05) is 20.2 Å². The second-order valence-electron chi connectivity index (χ2n) is 6.25. The zero-order valence-corrected chi connectivity index (χ0v) is 14.5.